The van der Waals surface area contributed by atoms with E-state index in [-0.39, 0.29) is 4.90 Å². The van der Waals surface area contributed by atoms with Crippen LogP contribution in [0.2, 0.25) is 0 Å². The molecular formula is C6H5FNO2PS. The number of hydrogen-bond acceptors (Lipinski definition) is 2. The molecule has 1 aromatic carbocycles. The molecule has 0 amide bonds. The first-order valence-corrected chi connectivity index (χ1v) is 5.18. The minimum atomic E-state index is -3.77. The van der Waals surface area contributed by atoms with Gasteiger partial charge in [0, 0.05) is 0 Å². The van der Waals surface area contributed by atoms with E-state index in [1.807, 2.05) is 0 Å². The van der Waals surface area contributed by atoms with Crippen LogP contribution in [0.4, 0.5) is 4.20 Å². The van der Waals surface area contributed by atoms with Gasteiger partial charge < -0.3 is 0 Å². The largest absolute Gasteiger partial charge is 0.288 e. The van der Waals surface area contributed by atoms with Crippen LogP contribution < -0.4 is 0 Å². The quantitative estimate of drug-likeness (QED) is 0.696. The van der Waals surface area contributed by atoms with Crippen molar-refractivity contribution in [1.82, 2.24) is 0 Å². The Morgan fingerprint density at radius 2 is 1.83 bits per heavy atom. The lowest BCUT2D eigenvalue weighted by atomic mass is 10.4. The first-order valence-electron chi connectivity index (χ1n) is 3.00. The average Bonchev–Trinajstić information content (AvgIpc) is 2.06. The van der Waals surface area contributed by atoms with Gasteiger partial charge in [-0.25, -0.2) is 0 Å². The maximum absolute atomic E-state index is 11.6. The van der Waals surface area contributed by atoms with Gasteiger partial charge in [0.05, 0.1) is 4.90 Å². The fourth-order valence-corrected chi connectivity index (χ4v) is 1.88. The van der Waals surface area contributed by atoms with Gasteiger partial charge in [0.1, 0.15) is 0 Å². The molecule has 0 fully saturated rings. The molecule has 12 heavy (non-hydrogen) atoms. The van der Waals surface area contributed by atoms with Gasteiger partial charge in [0.25, 0.3) is 10.0 Å². The lowest BCUT2D eigenvalue weighted by molar-refractivity contribution is 0.598. The van der Waals surface area contributed by atoms with Crippen molar-refractivity contribution in [3.63, 3.8) is 0 Å². The third-order valence-corrected chi connectivity index (χ3v) is 3.15. The van der Waals surface area contributed by atoms with Gasteiger partial charge in [0.2, 0.25) is 8.68 Å². The zero-order valence-corrected chi connectivity index (χ0v) is 7.59. The third-order valence-electron chi connectivity index (χ3n) is 1.18. The molecule has 0 atom stereocenters. The van der Waals surface area contributed by atoms with Gasteiger partial charge in [-0.1, -0.05) is 18.2 Å². The molecule has 3 nitrogen and oxygen atoms in total. The molecule has 0 aromatic heterocycles. The summed E-state index contributed by atoms with van der Waals surface area (Å²) in [7, 11) is -4.77. The molecule has 1 rings (SSSR count). The number of nitrogens with zero attached hydrogens (tertiary/aromatic N) is 1. The zero-order chi connectivity index (χ0) is 9.03. The van der Waals surface area contributed by atoms with Crippen LogP contribution in [0.15, 0.2) is 39.4 Å². The summed E-state index contributed by atoms with van der Waals surface area (Å²) in [6.45, 7) is 0. The maximum atomic E-state index is 11.6. The van der Waals surface area contributed by atoms with E-state index in [9.17, 15) is 12.6 Å². The average molecular weight is 205 g/mol. The van der Waals surface area contributed by atoms with Crippen LogP contribution in [-0.4, -0.2) is 8.42 Å². The van der Waals surface area contributed by atoms with Crippen LogP contribution in [0.25, 0.3) is 0 Å². The highest BCUT2D eigenvalue weighted by atomic mass is 32.2. The Balaban J connectivity index is 3.16. The number of hydrogen-bond donors (Lipinski definition) is 0. The van der Waals surface area contributed by atoms with Crippen LogP contribution >= 0.6 is 8.68 Å². The molecule has 0 radical (unpaired) electrons. The van der Waals surface area contributed by atoms with Crippen molar-refractivity contribution in [1.29, 1.82) is 0 Å². The molecule has 0 heterocycles. The first kappa shape index (κ1) is 9.29. The summed E-state index contributed by atoms with van der Waals surface area (Å²) < 4.78 is 36.4. The van der Waals surface area contributed by atoms with E-state index in [0.29, 0.717) is 0 Å². The van der Waals surface area contributed by atoms with Crippen molar-refractivity contribution in [3.05, 3.63) is 30.3 Å². The molecule has 0 saturated heterocycles. The molecule has 0 spiro atoms. The highest BCUT2D eigenvalue weighted by molar-refractivity contribution is 7.91. The molecule has 6 heteroatoms. The Morgan fingerprint density at radius 1 is 1.25 bits per heavy atom. The number of benzene rings is 1. The summed E-state index contributed by atoms with van der Waals surface area (Å²) in [4.78, 5) is 0.00940. The monoisotopic (exact) mass is 205 g/mol. The lowest BCUT2D eigenvalue weighted by Gasteiger charge is -1.93. The van der Waals surface area contributed by atoms with Crippen LogP contribution in [0.5, 0.6) is 0 Å². The topological polar surface area (TPSA) is 46.5 Å². The molecule has 64 valence electrons. The number of halogens is 1. The summed E-state index contributed by atoms with van der Waals surface area (Å²) >= 11 is 0. The molecule has 0 aliphatic carbocycles. The molecule has 1 aromatic rings. The van der Waals surface area contributed by atoms with Crippen molar-refractivity contribution < 1.29 is 12.6 Å². The minimum Gasteiger partial charge on any atom is -0.199 e. The summed E-state index contributed by atoms with van der Waals surface area (Å²) in [6, 6.07) is 7.51. The highest BCUT2D eigenvalue weighted by Gasteiger charge is 2.10. The van der Waals surface area contributed by atoms with Crippen molar-refractivity contribution in [2.45, 2.75) is 4.90 Å². The smallest absolute Gasteiger partial charge is 0.199 e. The molecule has 0 bridgehead atoms. The van der Waals surface area contributed by atoms with Gasteiger partial charge in [-0.15, -0.1) is 4.15 Å². The number of sulfonamides is 1. The highest BCUT2D eigenvalue weighted by Crippen LogP contribution is 2.15. The minimum absolute atomic E-state index is 0.00940. The summed E-state index contributed by atoms with van der Waals surface area (Å²) in [6.07, 6.45) is 0. The molecular weight excluding hydrogens is 200 g/mol. The second-order valence-electron chi connectivity index (χ2n) is 1.95. The lowest BCUT2D eigenvalue weighted by Crippen LogP contribution is -1.93. The fourth-order valence-electron chi connectivity index (χ4n) is 0.680. The second kappa shape index (κ2) is 3.74. The van der Waals surface area contributed by atoms with Crippen LogP contribution in [0, 0.1) is 0 Å². The molecule has 0 aliphatic heterocycles. The van der Waals surface area contributed by atoms with E-state index in [4.69, 9.17) is 0 Å². The van der Waals surface area contributed by atoms with E-state index in [2.05, 4.69) is 4.15 Å². The van der Waals surface area contributed by atoms with Crippen molar-refractivity contribution in [2.75, 3.05) is 0 Å². The summed E-state index contributed by atoms with van der Waals surface area (Å²) in [5.41, 5.74) is 0. The van der Waals surface area contributed by atoms with E-state index in [0.717, 1.165) is 0 Å². The maximum Gasteiger partial charge on any atom is 0.288 e. The van der Waals surface area contributed by atoms with Gasteiger partial charge in [-0.2, -0.15) is 12.6 Å². The predicted octanol–water partition coefficient (Wildman–Crippen LogP) is 2.39. The van der Waals surface area contributed by atoms with E-state index in [1.54, 1.807) is 18.2 Å². The summed E-state index contributed by atoms with van der Waals surface area (Å²) in [5.74, 6) is 0. The zero-order valence-electron chi connectivity index (χ0n) is 5.88. The Hall–Kier alpha value is -0.800. The Labute approximate surface area is 71.3 Å². The standard InChI is InChI=1S/C6H5FNO2PS/c7-11-8-12(9,10)6-4-2-1-3-5-6/h1-5H. The van der Waals surface area contributed by atoms with Crippen molar-refractivity contribution in [3.8, 4) is 0 Å². The van der Waals surface area contributed by atoms with Crippen LogP contribution in [0.1, 0.15) is 0 Å². The van der Waals surface area contributed by atoms with Crippen LogP contribution in [0.3, 0.4) is 0 Å². The first-order chi connectivity index (χ1) is 5.67. The Kier molecular flexibility index (Phi) is 2.89. The predicted molar refractivity (Wildman–Crippen MR) is 44.1 cm³/mol. The molecule has 0 unspecified atom stereocenters. The second-order valence-corrected chi connectivity index (χ2v) is 4.17. The van der Waals surface area contributed by atoms with Gasteiger partial charge >= 0.3 is 0 Å². The third kappa shape index (κ3) is 2.09. The van der Waals surface area contributed by atoms with Crippen molar-refractivity contribution in [2.24, 2.45) is 4.15 Å². The van der Waals surface area contributed by atoms with Gasteiger partial charge in [-0.05, 0) is 12.1 Å². The van der Waals surface area contributed by atoms with Crippen molar-refractivity contribution >= 4 is 18.7 Å². The SMILES string of the molecule is O=S(=O)(N=PF)c1ccccc1. The van der Waals surface area contributed by atoms with Crippen LogP contribution in [-0.2, 0) is 10.0 Å². The van der Waals surface area contributed by atoms with Gasteiger partial charge in [0.15, 0.2) is 0 Å². The summed E-state index contributed by atoms with van der Waals surface area (Å²) in [5, 5.41) is 0. The molecule has 0 saturated carbocycles. The van der Waals surface area contributed by atoms with E-state index < -0.39 is 18.7 Å². The normalized spacial score (nSPS) is 12.1. The number of rotatable bonds is 2. The molecule has 0 N–H and O–H groups in total. The van der Waals surface area contributed by atoms with E-state index in [1.165, 1.54) is 12.1 Å². The van der Waals surface area contributed by atoms with E-state index >= 15 is 0 Å². The Bertz CT molecular complexity index is 376. The molecule has 0 aliphatic rings. The fraction of sp³-hybridized carbons (Fsp3) is 0. The van der Waals surface area contributed by atoms with Gasteiger partial charge in [-0.3, -0.25) is 0 Å². The Morgan fingerprint density at radius 3 is 2.33 bits per heavy atom.